The average molecular weight is 589 g/mol. The van der Waals surface area contributed by atoms with Crippen molar-refractivity contribution in [1.29, 1.82) is 0 Å². The first-order valence-corrected chi connectivity index (χ1v) is 15.1. The fourth-order valence-corrected chi connectivity index (χ4v) is 6.17. The van der Waals surface area contributed by atoms with Crippen LogP contribution in [0, 0.1) is 0 Å². The normalized spacial score (nSPS) is 19.0. The SMILES string of the molecule is CCCCCC(=O)N1c2ccccc2NC2=C(C(=O)C[C@@H](c3ccc(C(C)(C)C)cc3)C2)[C@H]1c1ccc(C(F)(F)F)cc1. The van der Waals surface area contributed by atoms with Crippen molar-refractivity contribution in [1.82, 2.24) is 0 Å². The van der Waals surface area contributed by atoms with E-state index in [1.165, 1.54) is 17.7 Å². The van der Waals surface area contributed by atoms with Gasteiger partial charge in [0.05, 0.1) is 23.0 Å². The van der Waals surface area contributed by atoms with Gasteiger partial charge in [-0.05, 0) is 65.1 Å². The van der Waals surface area contributed by atoms with Gasteiger partial charge in [0.25, 0.3) is 0 Å². The molecule has 5 rings (SSSR count). The standard InChI is InChI=1S/C36H39F3N2O2/c1-5-6-7-12-32(43)41-30-11-9-8-10-28(30)40-29-21-25(23-13-17-26(18-14-23)35(2,3)4)22-31(42)33(29)34(41)24-15-19-27(20-16-24)36(37,38)39/h8-11,13-20,25,34,40H,5-7,12,21-22H2,1-4H3/t25-,34+/m0/s1. The molecule has 0 fully saturated rings. The molecule has 0 unspecified atom stereocenters. The highest BCUT2D eigenvalue weighted by molar-refractivity contribution is 6.06. The number of hydrogen-bond acceptors (Lipinski definition) is 3. The first-order valence-electron chi connectivity index (χ1n) is 15.1. The maximum Gasteiger partial charge on any atom is 0.416 e. The fourth-order valence-electron chi connectivity index (χ4n) is 6.17. The zero-order valence-electron chi connectivity index (χ0n) is 25.2. The van der Waals surface area contributed by atoms with Gasteiger partial charge in [0.1, 0.15) is 0 Å². The number of benzene rings is 3. The Bertz CT molecular complexity index is 1520. The van der Waals surface area contributed by atoms with E-state index in [4.69, 9.17) is 0 Å². The highest BCUT2D eigenvalue weighted by Crippen LogP contribution is 2.48. The van der Waals surface area contributed by atoms with Crippen molar-refractivity contribution in [2.45, 2.75) is 89.8 Å². The third-order valence-electron chi connectivity index (χ3n) is 8.55. The van der Waals surface area contributed by atoms with Crippen LogP contribution in [0.5, 0.6) is 0 Å². The summed E-state index contributed by atoms with van der Waals surface area (Å²) in [5, 5.41) is 3.50. The van der Waals surface area contributed by atoms with E-state index in [0.717, 1.165) is 30.5 Å². The third-order valence-corrected chi connectivity index (χ3v) is 8.55. The Morgan fingerprint density at radius 2 is 1.49 bits per heavy atom. The van der Waals surface area contributed by atoms with Crippen LogP contribution in [0.25, 0.3) is 0 Å². The summed E-state index contributed by atoms with van der Waals surface area (Å²) in [5.41, 5.74) is 4.45. The van der Waals surface area contributed by atoms with Gasteiger partial charge in [0.15, 0.2) is 5.78 Å². The van der Waals surface area contributed by atoms with Gasteiger partial charge in [-0.25, -0.2) is 0 Å². The molecule has 43 heavy (non-hydrogen) atoms. The molecule has 226 valence electrons. The predicted molar refractivity (Wildman–Crippen MR) is 165 cm³/mol. The molecule has 1 N–H and O–H groups in total. The Kier molecular flexibility index (Phi) is 8.55. The highest BCUT2D eigenvalue weighted by Gasteiger charge is 2.42. The monoisotopic (exact) mass is 588 g/mol. The number of ketones is 1. The number of rotatable bonds is 6. The molecule has 0 spiro atoms. The van der Waals surface area contributed by atoms with Crippen molar-refractivity contribution in [3.05, 3.63) is 106 Å². The number of fused-ring (bicyclic) bond motifs is 1. The van der Waals surface area contributed by atoms with E-state index in [-0.39, 0.29) is 35.9 Å². The number of nitrogens with one attached hydrogen (secondary N) is 1. The molecule has 1 amide bonds. The van der Waals surface area contributed by atoms with Crippen LogP contribution in [-0.4, -0.2) is 11.7 Å². The number of amides is 1. The summed E-state index contributed by atoms with van der Waals surface area (Å²) in [5.74, 6) is -0.336. The number of alkyl halides is 3. The Labute approximate surface area is 252 Å². The molecule has 0 aromatic heterocycles. The van der Waals surface area contributed by atoms with Crippen molar-refractivity contribution >= 4 is 23.1 Å². The molecule has 1 aliphatic carbocycles. The van der Waals surface area contributed by atoms with Gasteiger partial charge in [-0.1, -0.05) is 89.1 Å². The van der Waals surface area contributed by atoms with Gasteiger partial charge in [-0.2, -0.15) is 13.2 Å². The van der Waals surface area contributed by atoms with Crippen molar-refractivity contribution in [3.8, 4) is 0 Å². The molecule has 3 aromatic carbocycles. The zero-order chi connectivity index (χ0) is 30.9. The van der Waals surface area contributed by atoms with Gasteiger partial charge in [-0.15, -0.1) is 0 Å². The predicted octanol–water partition coefficient (Wildman–Crippen LogP) is 9.48. The van der Waals surface area contributed by atoms with Gasteiger partial charge in [0, 0.05) is 24.1 Å². The fraction of sp³-hybridized carbons (Fsp3) is 0.389. The lowest BCUT2D eigenvalue weighted by Gasteiger charge is -2.35. The number of para-hydroxylation sites is 2. The topological polar surface area (TPSA) is 49.4 Å². The smallest absolute Gasteiger partial charge is 0.357 e. The van der Waals surface area contributed by atoms with Gasteiger partial charge < -0.3 is 5.32 Å². The Morgan fingerprint density at radius 3 is 2.12 bits per heavy atom. The molecular weight excluding hydrogens is 549 g/mol. The lowest BCUT2D eigenvalue weighted by Crippen LogP contribution is -2.38. The molecule has 2 atom stereocenters. The maximum atomic E-state index is 14.2. The minimum absolute atomic E-state index is 0.00513. The molecule has 0 bridgehead atoms. The van der Waals surface area contributed by atoms with Crippen LogP contribution in [-0.2, 0) is 21.2 Å². The van der Waals surface area contributed by atoms with E-state index in [1.807, 2.05) is 24.3 Å². The maximum absolute atomic E-state index is 14.2. The minimum atomic E-state index is -4.49. The summed E-state index contributed by atoms with van der Waals surface area (Å²) in [7, 11) is 0. The Hall–Kier alpha value is -3.87. The van der Waals surface area contributed by atoms with E-state index >= 15 is 0 Å². The van der Waals surface area contributed by atoms with Gasteiger partial charge in [0.2, 0.25) is 5.91 Å². The molecule has 3 aromatic rings. The second-order valence-electron chi connectivity index (χ2n) is 12.7. The van der Waals surface area contributed by atoms with Crippen LogP contribution in [0.3, 0.4) is 0 Å². The van der Waals surface area contributed by atoms with Crippen molar-refractivity contribution in [2.24, 2.45) is 0 Å². The second-order valence-corrected chi connectivity index (χ2v) is 12.7. The quantitative estimate of drug-likeness (QED) is 0.292. The molecule has 4 nitrogen and oxygen atoms in total. The summed E-state index contributed by atoms with van der Waals surface area (Å²) >= 11 is 0. The van der Waals surface area contributed by atoms with E-state index in [1.54, 1.807) is 4.90 Å². The average Bonchev–Trinajstić information content (AvgIpc) is 3.11. The molecule has 7 heteroatoms. The number of carbonyl (C=O) groups excluding carboxylic acids is 2. The molecular formula is C36H39F3N2O2. The first-order chi connectivity index (χ1) is 20.4. The number of carbonyl (C=O) groups is 2. The minimum Gasteiger partial charge on any atom is -0.357 e. The number of Topliss-reactive ketones (excluding diaryl/α,β-unsaturated/α-hetero) is 1. The largest absolute Gasteiger partial charge is 0.416 e. The number of anilines is 2. The summed E-state index contributed by atoms with van der Waals surface area (Å²) in [6.07, 6.45) is -0.911. The van der Waals surface area contributed by atoms with Crippen molar-refractivity contribution in [3.63, 3.8) is 0 Å². The Morgan fingerprint density at radius 1 is 0.860 bits per heavy atom. The van der Waals surface area contributed by atoms with Gasteiger partial charge >= 0.3 is 6.18 Å². The molecule has 1 heterocycles. The van der Waals surface area contributed by atoms with Crippen LogP contribution in [0.4, 0.5) is 24.5 Å². The van der Waals surface area contributed by atoms with Crippen LogP contribution in [0.1, 0.15) is 100 Å². The van der Waals surface area contributed by atoms with Crippen LogP contribution >= 0.6 is 0 Å². The first kappa shape index (κ1) is 30.6. The molecule has 2 aliphatic rings. The van der Waals surface area contributed by atoms with Crippen molar-refractivity contribution < 1.29 is 22.8 Å². The van der Waals surface area contributed by atoms with Gasteiger partial charge in [-0.3, -0.25) is 14.5 Å². The van der Waals surface area contributed by atoms with Crippen LogP contribution in [0.15, 0.2) is 84.1 Å². The number of unbranched alkanes of at least 4 members (excludes halogenated alkanes) is 2. The molecule has 0 saturated carbocycles. The van der Waals surface area contributed by atoms with E-state index in [0.29, 0.717) is 41.1 Å². The third kappa shape index (κ3) is 6.41. The number of hydrogen-bond donors (Lipinski definition) is 1. The number of allylic oxidation sites excluding steroid dienone is 1. The summed E-state index contributed by atoms with van der Waals surface area (Å²) < 4.78 is 40.5. The molecule has 0 radical (unpaired) electrons. The van der Waals surface area contributed by atoms with Crippen LogP contribution in [0.2, 0.25) is 0 Å². The Balaban J connectivity index is 1.63. The lowest BCUT2D eigenvalue weighted by atomic mass is 9.77. The molecule has 0 saturated heterocycles. The number of nitrogens with zero attached hydrogens (tertiary/aromatic N) is 1. The van der Waals surface area contributed by atoms with E-state index in [2.05, 4.69) is 57.3 Å². The number of halogens is 3. The highest BCUT2D eigenvalue weighted by atomic mass is 19.4. The second kappa shape index (κ2) is 12.0. The molecule has 1 aliphatic heterocycles. The van der Waals surface area contributed by atoms with Crippen molar-refractivity contribution in [2.75, 3.05) is 10.2 Å². The zero-order valence-corrected chi connectivity index (χ0v) is 25.2. The van der Waals surface area contributed by atoms with Crippen LogP contribution < -0.4 is 10.2 Å². The summed E-state index contributed by atoms with van der Waals surface area (Å²) in [6, 6.07) is 19.9. The lowest BCUT2D eigenvalue weighted by molar-refractivity contribution is -0.137. The summed E-state index contributed by atoms with van der Waals surface area (Å²) in [4.78, 5) is 29.8. The summed E-state index contributed by atoms with van der Waals surface area (Å²) in [6.45, 7) is 8.54. The van der Waals surface area contributed by atoms with E-state index < -0.39 is 17.8 Å². The van der Waals surface area contributed by atoms with E-state index in [9.17, 15) is 22.8 Å².